The van der Waals surface area contributed by atoms with Crippen LogP contribution in [-0.4, -0.2) is 49.3 Å². The van der Waals surface area contributed by atoms with Crippen LogP contribution >= 0.6 is 7.82 Å². The zero-order chi connectivity index (χ0) is 63.0. The Labute approximate surface area is 536 Å². The highest BCUT2D eigenvalue weighted by atomic mass is 31.2. The molecule has 2 unspecified atom stereocenters. The van der Waals surface area contributed by atoms with Crippen LogP contribution in [0.2, 0.25) is 0 Å². The molecular formula is C77H134NO8P. The van der Waals surface area contributed by atoms with E-state index >= 15 is 0 Å². The van der Waals surface area contributed by atoms with Gasteiger partial charge in [0.15, 0.2) is 6.10 Å². The van der Waals surface area contributed by atoms with Crippen LogP contribution in [0, 0.1) is 0 Å². The topological polar surface area (TPSA) is 134 Å². The number of hydrogen-bond donors (Lipinski definition) is 2. The molecule has 3 N–H and O–H groups in total. The van der Waals surface area contributed by atoms with Crippen LogP contribution in [0.25, 0.3) is 0 Å². The molecule has 0 heterocycles. The molecule has 0 radical (unpaired) electrons. The van der Waals surface area contributed by atoms with Crippen molar-refractivity contribution in [3.8, 4) is 0 Å². The van der Waals surface area contributed by atoms with E-state index in [2.05, 4.69) is 135 Å². The van der Waals surface area contributed by atoms with E-state index in [0.29, 0.717) is 6.42 Å². The Bertz CT molecular complexity index is 1840. The first kappa shape index (κ1) is 83.4. The largest absolute Gasteiger partial charge is 0.472 e. The Balaban J connectivity index is 3.87. The van der Waals surface area contributed by atoms with Crippen molar-refractivity contribution in [2.75, 3.05) is 26.4 Å². The van der Waals surface area contributed by atoms with Crippen molar-refractivity contribution in [3.05, 3.63) is 122 Å². The summed E-state index contributed by atoms with van der Waals surface area (Å²) in [6.45, 7) is 3.65. The van der Waals surface area contributed by atoms with Crippen LogP contribution in [0.4, 0.5) is 0 Å². The van der Waals surface area contributed by atoms with Gasteiger partial charge in [-0.05, 0) is 109 Å². The average Bonchev–Trinajstić information content (AvgIpc) is 3.64. The molecule has 0 bridgehead atoms. The monoisotopic (exact) mass is 1230 g/mol. The summed E-state index contributed by atoms with van der Waals surface area (Å²) in [6, 6.07) is 0. The SMILES string of the molecule is CC/C=C\C/C=C\C/C=C\C/C=C\C/C=C\C/C=C\C/C=C\CCCCCCCCCCCCCCCCCCCC(=O)OC(COC(=O)CCCCCCCCCCCCCC/C=C\C/C=C\C/C=C\CCCCCCC)COP(=O)(O)OCCN. The van der Waals surface area contributed by atoms with Crippen molar-refractivity contribution in [2.24, 2.45) is 5.73 Å². The van der Waals surface area contributed by atoms with Crippen LogP contribution in [0.1, 0.15) is 322 Å². The zero-order valence-corrected chi connectivity index (χ0v) is 57.1. The molecule has 10 heteroatoms. The number of allylic oxidation sites excluding steroid dienone is 20. The Morgan fingerprint density at radius 1 is 0.356 bits per heavy atom. The third-order valence-corrected chi connectivity index (χ3v) is 16.3. The number of esters is 2. The summed E-state index contributed by atoms with van der Waals surface area (Å²) in [5.41, 5.74) is 5.40. The fourth-order valence-electron chi connectivity index (χ4n) is 10.0. The van der Waals surface area contributed by atoms with E-state index in [1.165, 1.54) is 193 Å². The lowest BCUT2D eigenvalue weighted by atomic mass is 10.0. The smallest absolute Gasteiger partial charge is 0.462 e. The van der Waals surface area contributed by atoms with Crippen LogP contribution < -0.4 is 5.73 Å². The number of rotatable bonds is 67. The highest BCUT2D eigenvalue weighted by Crippen LogP contribution is 2.43. The van der Waals surface area contributed by atoms with Gasteiger partial charge in [-0.15, -0.1) is 0 Å². The highest BCUT2D eigenvalue weighted by molar-refractivity contribution is 7.47. The number of phosphoric acid groups is 1. The fourth-order valence-corrected chi connectivity index (χ4v) is 10.8. The second kappa shape index (κ2) is 71.5. The third-order valence-electron chi connectivity index (χ3n) is 15.3. The summed E-state index contributed by atoms with van der Waals surface area (Å²) in [7, 11) is -4.40. The summed E-state index contributed by atoms with van der Waals surface area (Å²) < 4.78 is 33.2. The van der Waals surface area contributed by atoms with Gasteiger partial charge in [-0.25, -0.2) is 4.57 Å². The van der Waals surface area contributed by atoms with Crippen LogP contribution in [0.5, 0.6) is 0 Å². The van der Waals surface area contributed by atoms with Crippen LogP contribution in [-0.2, 0) is 32.7 Å². The molecule has 0 saturated carbocycles. The maximum absolute atomic E-state index is 12.8. The molecular weight excluding hydrogens is 1100 g/mol. The number of unbranched alkanes of at least 4 members (excludes halogenated alkanes) is 34. The van der Waals surface area contributed by atoms with Crippen molar-refractivity contribution in [1.82, 2.24) is 0 Å². The van der Waals surface area contributed by atoms with E-state index in [1.807, 2.05) is 0 Å². The zero-order valence-electron chi connectivity index (χ0n) is 56.2. The van der Waals surface area contributed by atoms with Crippen molar-refractivity contribution in [1.29, 1.82) is 0 Å². The van der Waals surface area contributed by atoms with Gasteiger partial charge in [0.2, 0.25) is 0 Å². The summed E-state index contributed by atoms with van der Waals surface area (Å²) >= 11 is 0. The normalized spacial score (nSPS) is 13.7. The molecule has 0 aliphatic carbocycles. The molecule has 9 nitrogen and oxygen atoms in total. The van der Waals surface area contributed by atoms with Gasteiger partial charge in [0.1, 0.15) is 6.61 Å². The highest BCUT2D eigenvalue weighted by Gasteiger charge is 2.26. The summed E-state index contributed by atoms with van der Waals surface area (Å²) in [4.78, 5) is 35.4. The predicted molar refractivity (Wildman–Crippen MR) is 376 cm³/mol. The first-order valence-electron chi connectivity index (χ1n) is 36.0. The van der Waals surface area contributed by atoms with Crippen molar-refractivity contribution in [3.63, 3.8) is 0 Å². The number of carbonyl (C=O) groups is 2. The van der Waals surface area contributed by atoms with E-state index in [4.69, 9.17) is 24.3 Å². The molecule has 500 valence electrons. The lowest BCUT2D eigenvalue weighted by Crippen LogP contribution is -2.29. The van der Waals surface area contributed by atoms with Gasteiger partial charge in [0.25, 0.3) is 0 Å². The van der Waals surface area contributed by atoms with E-state index < -0.39 is 26.5 Å². The minimum absolute atomic E-state index is 0.0501. The lowest BCUT2D eigenvalue weighted by molar-refractivity contribution is -0.161. The molecule has 0 aromatic carbocycles. The Morgan fingerprint density at radius 3 is 0.943 bits per heavy atom. The Hall–Kier alpha value is -3.59. The first-order chi connectivity index (χ1) is 42.8. The average molecular weight is 1230 g/mol. The van der Waals surface area contributed by atoms with Gasteiger partial charge in [-0.2, -0.15) is 0 Å². The molecule has 87 heavy (non-hydrogen) atoms. The van der Waals surface area contributed by atoms with E-state index in [-0.39, 0.29) is 38.6 Å². The molecule has 2 atom stereocenters. The molecule has 0 aliphatic rings. The van der Waals surface area contributed by atoms with E-state index in [1.54, 1.807) is 0 Å². The number of carbonyl (C=O) groups excluding carboxylic acids is 2. The van der Waals surface area contributed by atoms with Gasteiger partial charge in [-0.1, -0.05) is 322 Å². The summed E-state index contributed by atoms with van der Waals surface area (Å²) in [5, 5.41) is 0. The molecule has 0 aromatic heterocycles. The molecule has 0 amide bonds. The summed E-state index contributed by atoms with van der Waals surface area (Å²) in [5.74, 6) is -0.823. The molecule has 0 spiro atoms. The molecule has 0 fully saturated rings. The van der Waals surface area contributed by atoms with E-state index in [0.717, 1.165) is 96.3 Å². The Morgan fingerprint density at radius 2 is 0.632 bits per heavy atom. The maximum atomic E-state index is 12.8. The quantitative estimate of drug-likeness (QED) is 0.0264. The second-order valence-electron chi connectivity index (χ2n) is 23.7. The van der Waals surface area contributed by atoms with E-state index in [9.17, 15) is 19.0 Å². The number of ether oxygens (including phenoxy) is 2. The van der Waals surface area contributed by atoms with Crippen molar-refractivity contribution >= 4 is 19.8 Å². The number of phosphoric ester groups is 1. The molecule has 0 saturated heterocycles. The maximum Gasteiger partial charge on any atom is 0.472 e. The van der Waals surface area contributed by atoms with Crippen LogP contribution in [0.3, 0.4) is 0 Å². The standard InChI is InChI=1S/C77H134NO8P/c1-3-5-7-9-11-13-15-17-19-21-23-25-27-29-31-32-33-34-35-36-37-38-39-40-41-42-44-46-48-50-52-54-56-58-60-62-64-66-68-70-77(80)86-75(74-85-87(81,82)84-72-71-78)73-83-76(79)69-67-65-63-61-59-57-55-53-51-49-47-45-43-30-28-26-24-22-20-18-16-14-12-10-8-6-4-2/h5,7,11,13,16-19,22-25,28-31,33-34,36-37,75H,3-4,6,8-10,12,14-15,20-21,26-27,32,35,38-74,78H2,1-2H3,(H,81,82)/b7-5-,13-11-,18-16-,19-17-,24-22-,25-23-,30-28-,31-29-,34-33-,37-36-. The third kappa shape index (κ3) is 71.4. The van der Waals surface area contributed by atoms with Crippen LogP contribution in [0.15, 0.2) is 122 Å². The molecule has 0 aromatic rings. The van der Waals surface area contributed by atoms with Gasteiger partial charge in [-0.3, -0.25) is 18.6 Å². The summed E-state index contributed by atoms with van der Waals surface area (Å²) in [6.07, 6.45) is 100. The van der Waals surface area contributed by atoms with Gasteiger partial charge in [0.05, 0.1) is 13.2 Å². The Kier molecular flexibility index (Phi) is 68.5. The number of nitrogens with two attached hydrogens (primary N) is 1. The molecule has 0 aliphatic heterocycles. The lowest BCUT2D eigenvalue weighted by Gasteiger charge is -2.19. The minimum Gasteiger partial charge on any atom is -0.462 e. The first-order valence-corrected chi connectivity index (χ1v) is 37.5. The second-order valence-corrected chi connectivity index (χ2v) is 25.2. The molecule has 0 rings (SSSR count). The fraction of sp³-hybridized carbons (Fsp3) is 0.714. The minimum atomic E-state index is -4.40. The number of hydrogen-bond acceptors (Lipinski definition) is 8. The van der Waals surface area contributed by atoms with Gasteiger partial charge in [0, 0.05) is 19.4 Å². The van der Waals surface area contributed by atoms with Gasteiger partial charge < -0.3 is 20.1 Å². The van der Waals surface area contributed by atoms with Crippen molar-refractivity contribution in [2.45, 2.75) is 328 Å². The van der Waals surface area contributed by atoms with Gasteiger partial charge >= 0.3 is 19.8 Å². The predicted octanol–water partition coefficient (Wildman–Crippen LogP) is 23.9. The van der Waals surface area contributed by atoms with Crippen molar-refractivity contribution < 1.29 is 37.6 Å².